The summed E-state index contributed by atoms with van der Waals surface area (Å²) in [6, 6.07) is 204. The van der Waals surface area contributed by atoms with Crippen LogP contribution in [0.4, 0.5) is 51.2 Å². The van der Waals surface area contributed by atoms with E-state index in [2.05, 4.69) is 565 Å². The molecular weight excluding hydrogens is 1790 g/mol. The largest absolute Gasteiger partial charge is 0.455 e. The Morgan fingerprint density at radius 3 is 1.24 bits per heavy atom. The van der Waals surface area contributed by atoms with Crippen molar-refractivity contribution in [2.24, 2.45) is 0 Å². The van der Waals surface area contributed by atoms with Crippen LogP contribution in [0.2, 0.25) is 0 Å². The van der Waals surface area contributed by atoms with Gasteiger partial charge in [-0.05, 0) is 284 Å². The van der Waals surface area contributed by atoms with E-state index in [-0.39, 0.29) is 29.1 Å². The summed E-state index contributed by atoms with van der Waals surface area (Å²) in [6.45, 7) is 0. The van der Waals surface area contributed by atoms with Crippen molar-refractivity contribution in [1.82, 2.24) is 4.57 Å². The van der Waals surface area contributed by atoms with Gasteiger partial charge in [0, 0.05) is 101 Å². The molecule has 0 fully saturated rings. The number of furan rings is 1. The molecule has 6 aliphatic carbocycles. The molecule has 1 spiro atoms. The lowest BCUT2D eigenvalue weighted by Gasteiger charge is -2.58. The highest BCUT2D eigenvalue weighted by molar-refractivity contribution is 6.14. The third kappa shape index (κ3) is 13.1. The summed E-state index contributed by atoms with van der Waals surface area (Å²) in [6.07, 6.45) is 0. The molecule has 2 aromatic heterocycles. The fourth-order valence-electron chi connectivity index (χ4n) is 26.4. The zero-order valence-electron chi connectivity index (χ0n) is 81.0. The molecule has 0 amide bonds. The Hall–Kier alpha value is -18.9. The van der Waals surface area contributed by atoms with E-state index in [1.807, 2.05) is 0 Å². The molecule has 0 N–H and O–H groups in total. The molecule has 2 heterocycles. The minimum Gasteiger partial charge on any atom is -0.455 e. The van der Waals surface area contributed by atoms with Gasteiger partial charge in [-0.1, -0.05) is 413 Å². The second-order valence-electron chi connectivity index (χ2n) is 40.2. The highest BCUT2D eigenvalue weighted by Crippen LogP contribution is 2.79. The summed E-state index contributed by atoms with van der Waals surface area (Å²) in [4.78, 5) is 7.40. The van der Waals surface area contributed by atoms with Gasteiger partial charge in [0.15, 0.2) is 0 Å². The van der Waals surface area contributed by atoms with Crippen LogP contribution in [-0.2, 0) is 5.41 Å². The summed E-state index contributed by atoms with van der Waals surface area (Å²) >= 11 is 0. The first-order chi connectivity index (χ1) is 73.4. The molecule has 692 valence electrons. The molecule has 23 aromatic carbocycles. The normalized spacial score (nSPS) is 15.5. The molecule has 5 unspecified atom stereocenters. The molecule has 6 aliphatic rings. The van der Waals surface area contributed by atoms with Crippen molar-refractivity contribution in [1.29, 1.82) is 0 Å². The Morgan fingerprint density at radius 1 is 0.189 bits per heavy atom. The van der Waals surface area contributed by atoms with Crippen LogP contribution >= 0.6 is 0 Å². The zero-order chi connectivity index (χ0) is 97.2. The van der Waals surface area contributed by atoms with Gasteiger partial charge < -0.3 is 23.7 Å². The predicted molar refractivity (Wildman–Crippen MR) is 613 cm³/mol. The smallest absolute Gasteiger partial charge is 0.143 e. The lowest BCUT2D eigenvalue weighted by Crippen LogP contribution is -2.52. The van der Waals surface area contributed by atoms with Crippen LogP contribution in [0, 0.1) is 0 Å². The molecule has 0 saturated heterocycles. The van der Waals surface area contributed by atoms with Gasteiger partial charge in [0.2, 0.25) is 0 Å². The average Bonchev–Trinajstić information content (AvgIpc) is 1.45. The van der Waals surface area contributed by atoms with Gasteiger partial charge in [-0.2, -0.15) is 0 Å². The number of nitrogens with zero attached hydrogens (tertiary/aromatic N) is 4. The van der Waals surface area contributed by atoms with E-state index in [1.165, 1.54) is 156 Å². The predicted octanol–water partition coefficient (Wildman–Crippen LogP) is 38.0. The van der Waals surface area contributed by atoms with Crippen LogP contribution in [0.25, 0.3) is 150 Å². The van der Waals surface area contributed by atoms with Crippen molar-refractivity contribution in [3.05, 3.63) is 613 Å². The zero-order valence-corrected chi connectivity index (χ0v) is 81.0. The van der Waals surface area contributed by atoms with Gasteiger partial charge >= 0.3 is 0 Å². The van der Waals surface area contributed by atoms with E-state index in [0.717, 1.165) is 112 Å². The maximum Gasteiger partial charge on any atom is 0.143 e. The van der Waals surface area contributed by atoms with Crippen LogP contribution in [0.3, 0.4) is 0 Å². The first-order valence-corrected chi connectivity index (χ1v) is 51.6. The van der Waals surface area contributed by atoms with Crippen LogP contribution in [-0.4, -0.2) is 4.57 Å². The molecule has 31 rings (SSSR count). The van der Waals surface area contributed by atoms with Gasteiger partial charge in [0.1, 0.15) is 11.2 Å². The number of hydrogen-bond acceptors (Lipinski definition) is 4. The molecule has 5 nitrogen and oxygen atoms in total. The fraction of sp³-hybridized carbons (Fsp3) is 0.0350. The van der Waals surface area contributed by atoms with Crippen molar-refractivity contribution in [3.63, 3.8) is 0 Å². The molecule has 0 radical (unpaired) electrons. The number of benzene rings is 23. The van der Waals surface area contributed by atoms with Crippen LogP contribution in [0.15, 0.2) is 550 Å². The van der Waals surface area contributed by atoms with E-state index in [4.69, 9.17) is 4.42 Å². The second-order valence-corrected chi connectivity index (χ2v) is 40.2. The van der Waals surface area contributed by atoms with Gasteiger partial charge in [-0.15, -0.1) is 0 Å². The van der Waals surface area contributed by atoms with Crippen molar-refractivity contribution in [3.8, 4) is 106 Å². The first-order valence-electron chi connectivity index (χ1n) is 51.6. The molecule has 0 saturated carbocycles. The SMILES string of the molecule is c1ccc(-c2ccc(N(c3ccccc3)c3ccc(-c4ccc(-n5c6ccccc6c6cc(-c7cccc8c7oc7ccccc78)ccc65)c5c4C4c6ccccc6C5c5ccc(-c6cccc(-c7ccc(N(c8ccccc8)c8ccccc8-c8ccc(-c9ccc(N(c%10cccc(-c%11ccccc%11)c%10)c%10ccccc%10-c%10ccccc%10)c%10c9C9c%11ccccc%11C9%11c9ccccc9C%10%11)cc8)cc7)c6)cc54)cc3)cc2)cc1. The van der Waals surface area contributed by atoms with Crippen molar-refractivity contribution in [2.45, 2.75) is 29.1 Å². The van der Waals surface area contributed by atoms with Crippen molar-refractivity contribution in [2.75, 3.05) is 14.7 Å². The van der Waals surface area contributed by atoms with Crippen molar-refractivity contribution < 1.29 is 4.42 Å². The monoisotopic (exact) mass is 1880 g/mol. The molecule has 5 heteroatoms. The third-order valence-electron chi connectivity index (χ3n) is 32.7. The highest BCUT2D eigenvalue weighted by atomic mass is 16.3. The standard InChI is InChI=1S/C143H94N4O/c1-6-33-91(34-7-1)93-67-75-106(76-68-93)144(104-42-12-4-13-43-104)107-79-71-98(72-80-107)112-82-85-131(147-129-61-28-22-49-115(129)123-90-103(74-84-130(123)147)114-55-32-56-120-116-50-23-29-62-133(116)148-142(114)120)138-134-117-51-16-17-52-118(117)135(136(112)138)124-89-102(73-81-119(124)134)100-40-30-39-99(87-100)94-69-77-108(78-70-94)145(105-44-14-5-15-45-105)127-59-26-20-48-111(127)96-63-65-97(66-64-96)113-83-86-132(139-137(113)140-121-53-18-24-57-125(121)143(140)126-58-25-19-54-122(126)141(139)143)146(109-46-31-41-101(88-109)92-35-8-2-9-36-92)128-60-27-21-47-110(128)95-37-10-3-11-38-95/h1-90,134-135,140-141H. The lowest BCUT2D eigenvalue weighted by molar-refractivity contribution is 0.333. The van der Waals surface area contributed by atoms with Gasteiger partial charge in [0.05, 0.1) is 33.8 Å². The Labute approximate surface area is 860 Å². The molecule has 0 aliphatic heterocycles. The van der Waals surface area contributed by atoms with E-state index >= 15 is 0 Å². The number of aromatic nitrogens is 1. The number of fused-ring (bicyclic) bond motifs is 13. The third-order valence-corrected chi connectivity index (χ3v) is 32.7. The highest BCUT2D eigenvalue weighted by Gasteiger charge is 2.70. The van der Waals surface area contributed by atoms with Crippen LogP contribution < -0.4 is 14.7 Å². The Bertz CT molecular complexity index is 9610. The van der Waals surface area contributed by atoms with E-state index in [9.17, 15) is 0 Å². The maximum absolute atomic E-state index is 6.74. The summed E-state index contributed by atoms with van der Waals surface area (Å²) in [5, 5.41) is 4.64. The molecule has 25 aromatic rings. The molecular formula is C143H94N4O. The van der Waals surface area contributed by atoms with E-state index < -0.39 is 0 Å². The summed E-state index contributed by atoms with van der Waals surface area (Å²) in [5.41, 5.74) is 52.7. The van der Waals surface area contributed by atoms with Gasteiger partial charge in [-0.25, -0.2) is 0 Å². The second kappa shape index (κ2) is 34.1. The maximum atomic E-state index is 6.74. The number of para-hydroxylation sites is 7. The molecule has 5 atom stereocenters. The minimum absolute atomic E-state index is 0.0967. The van der Waals surface area contributed by atoms with E-state index in [1.54, 1.807) is 0 Å². The summed E-state index contributed by atoms with van der Waals surface area (Å²) in [7, 11) is 0. The fourth-order valence-corrected chi connectivity index (χ4v) is 26.4. The van der Waals surface area contributed by atoms with Gasteiger partial charge in [-0.3, -0.25) is 0 Å². The summed E-state index contributed by atoms with van der Waals surface area (Å²) < 4.78 is 9.32. The Kier molecular flexibility index (Phi) is 19.5. The summed E-state index contributed by atoms with van der Waals surface area (Å²) in [5.74, 6) is 0.0551. The number of anilines is 9. The number of hydrogen-bond donors (Lipinski definition) is 0. The molecule has 2 bridgehead atoms. The molecule has 148 heavy (non-hydrogen) atoms. The quantitative estimate of drug-likeness (QED) is 0.0806. The van der Waals surface area contributed by atoms with Crippen LogP contribution in [0.1, 0.15) is 90.4 Å². The van der Waals surface area contributed by atoms with E-state index in [0.29, 0.717) is 0 Å². The average molecular weight is 1880 g/mol. The Balaban J connectivity index is 0.513. The first kappa shape index (κ1) is 84.7. The Morgan fingerprint density at radius 2 is 0.581 bits per heavy atom. The van der Waals surface area contributed by atoms with Gasteiger partial charge in [0.25, 0.3) is 0 Å². The minimum atomic E-state index is -0.212. The van der Waals surface area contributed by atoms with Crippen LogP contribution in [0.5, 0.6) is 0 Å². The number of rotatable bonds is 19. The lowest BCUT2D eigenvalue weighted by atomic mass is 9.43. The topological polar surface area (TPSA) is 27.8 Å². The van der Waals surface area contributed by atoms with Crippen molar-refractivity contribution >= 4 is 94.9 Å².